The Balaban J connectivity index is 1.58. The molecule has 4 rings (SSSR count). The summed E-state index contributed by atoms with van der Waals surface area (Å²) in [6, 6.07) is 14.8. The molecule has 0 radical (unpaired) electrons. The van der Waals surface area contributed by atoms with Gasteiger partial charge in [0, 0.05) is 21.7 Å². The number of ether oxygens (including phenoxy) is 1. The van der Waals surface area contributed by atoms with Gasteiger partial charge in [-0.25, -0.2) is 4.98 Å². The maximum atomic E-state index is 12.6. The van der Waals surface area contributed by atoms with Gasteiger partial charge in [0.1, 0.15) is 11.3 Å². The molecule has 5 nitrogen and oxygen atoms in total. The van der Waals surface area contributed by atoms with Crippen molar-refractivity contribution < 1.29 is 13.9 Å². The number of amides is 1. The summed E-state index contributed by atoms with van der Waals surface area (Å²) in [4.78, 5) is 17.1. The van der Waals surface area contributed by atoms with E-state index >= 15 is 0 Å². The predicted octanol–water partition coefficient (Wildman–Crippen LogP) is 7.64. The number of oxazole rings is 1. The molecule has 1 amide bonds. The number of benzene rings is 3. The molecule has 1 N–H and O–H groups in total. The lowest BCUT2D eigenvalue weighted by Crippen LogP contribution is -2.08. The molecule has 32 heavy (non-hydrogen) atoms. The van der Waals surface area contributed by atoms with Crippen LogP contribution in [0.15, 0.2) is 68.0 Å². The minimum absolute atomic E-state index is 0.338. The lowest BCUT2D eigenvalue weighted by Gasteiger charge is -2.09. The Morgan fingerprint density at radius 3 is 2.75 bits per heavy atom. The SMILES string of the molecule is COc1c(Br)cc(Br)cc1/C=C/C(=O)Nc1cc(-c2nc3cc(C)ccc3o2)ccc1Cl. The Hall–Kier alpha value is -2.61. The van der Waals surface area contributed by atoms with E-state index < -0.39 is 0 Å². The van der Waals surface area contributed by atoms with Crippen molar-refractivity contribution in [3.63, 3.8) is 0 Å². The highest BCUT2D eigenvalue weighted by Crippen LogP contribution is 2.34. The van der Waals surface area contributed by atoms with Crippen molar-refractivity contribution in [1.82, 2.24) is 4.98 Å². The molecule has 0 fully saturated rings. The number of fused-ring (bicyclic) bond motifs is 1. The molecule has 0 atom stereocenters. The fraction of sp³-hybridized carbons (Fsp3) is 0.0833. The van der Waals surface area contributed by atoms with E-state index in [0.717, 1.165) is 25.6 Å². The van der Waals surface area contributed by atoms with Crippen LogP contribution in [0.3, 0.4) is 0 Å². The van der Waals surface area contributed by atoms with Gasteiger partial charge in [0.2, 0.25) is 11.8 Å². The van der Waals surface area contributed by atoms with Crippen molar-refractivity contribution in [2.75, 3.05) is 12.4 Å². The first kappa shape index (κ1) is 22.6. The summed E-state index contributed by atoms with van der Waals surface area (Å²) in [5.74, 6) is 0.746. The Kier molecular flexibility index (Phi) is 6.69. The highest BCUT2D eigenvalue weighted by molar-refractivity contribution is 9.11. The van der Waals surface area contributed by atoms with Crippen LogP contribution in [0.5, 0.6) is 5.75 Å². The van der Waals surface area contributed by atoms with Gasteiger partial charge in [-0.3, -0.25) is 4.79 Å². The second-order valence-corrected chi connectivity index (χ2v) is 9.19. The number of hydrogen-bond acceptors (Lipinski definition) is 4. The predicted molar refractivity (Wildman–Crippen MR) is 135 cm³/mol. The van der Waals surface area contributed by atoms with E-state index in [1.54, 1.807) is 31.4 Å². The van der Waals surface area contributed by atoms with Crippen LogP contribution < -0.4 is 10.1 Å². The van der Waals surface area contributed by atoms with Crippen LogP contribution in [0, 0.1) is 6.92 Å². The molecule has 0 saturated carbocycles. The first-order chi connectivity index (χ1) is 15.3. The summed E-state index contributed by atoms with van der Waals surface area (Å²) in [6.07, 6.45) is 3.09. The molecule has 0 aliphatic heterocycles. The summed E-state index contributed by atoms with van der Waals surface area (Å²) < 4.78 is 12.9. The first-order valence-corrected chi connectivity index (χ1v) is 11.5. The first-order valence-electron chi connectivity index (χ1n) is 9.53. The van der Waals surface area contributed by atoms with Crippen LogP contribution in [0.25, 0.3) is 28.6 Å². The maximum absolute atomic E-state index is 12.6. The molecule has 0 unspecified atom stereocenters. The zero-order chi connectivity index (χ0) is 22.8. The second kappa shape index (κ2) is 9.48. The summed E-state index contributed by atoms with van der Waals surface area (Å²) in [5, 5.41) is 3.22. The molecule has 0 aliphatic carbocycles. The van der Waals surface area contributed by atoms with Crippen LogP contribution in [-0.2, 0) is 4.79 Å². The molecule has 4 aromatic rings. The van der Waals surface area contributed by atoms with Crippen molar-refractivity contribution in [2.24, 2.45) is 0 Å². The van der Waals surface area contributed by atoms with Crippen LogP contribution in [0.4, 0.5) is 5.69 Å². The number of halogens is 3. The van der Waals surface area contributed by atoms with Crippen LogP contribution in [0.1, 0.15) is 11.1 Å². The monoisotopic (exact) mass is 574 g/mol. The number of carbonyl (C=O) groups excluding carboxylic acids is 1. The van der Waals surface area contributed by atoms with E-state index in [9.17, 15) is 4.79 Å². The minimum Gasteiger partial charge on any atom is -0.495 e. The molecule has 162 valence electrons. The third-order valence-corrected chi connectivity index (χ3v) is 6.05. The Bertz CT molecular complexity index is 1370. The van der Waals surface area contributed by atoms with Gasteiger partial charge in [-0.15, -0.1) is 0 Å². The number of aryl methyl sites for hydroxylation is 1. The lowest BCUT2D eigenvalue weighted by molar-refractivity contribution is -0.111. The van der Waals surface area contributed by atoms with E-state index in [0.29, 0.717) is 33.5 Å². The van der Waals surface area contributed by atoms with Crippen molar-refractivity contribution in [1.29, 1.82) is 0 Å². The summed E-state index contributed by atoms with van der Waals surface area (Å²) in [5.41, 5.74) is 4.48. The van der Waals surface area contributed by atoms with E-state index in [1.165, 1.54) is 6.08 Å². The number of methoxy groups -OCH3 is 1. The number of nitrogens with zero attached hydrogens (tertiary/aromatic N) is 1. The van der Waals surface area contributed by atoms with Gasteiger partial charge in [-0.1, -0.05) is 33.6 Å². The Morgan fingerprint density at radius 1 is 1.16 bits per heavy atom. The van der Waals surface area contributed by atoms with Gasteiger partial charge in [0.25, 0.3) is 0 Å². The molecule has 1 heterocycles. The largest absolute Gasteiger partial charge is 0.495 e. The maximum Gasteiger partial charge on any atom is 0.248 e. The smallest absolute Gasteiger partial charge is 0.248 e. The van der Waals surface area contributed by atoms with E-state index in [4.69, 9.17) is 20.8 Å². The minimum atomic E-state index is -0.338. The second-order valence-electron chi connectivity index (χ2n) is 7.02. The van der Waals surface area contributed by atoms with E-state index in [-0.39, 0.29) is 5.91 Å². The van der Waals surface area contributed by atoms with Crippen LogP contribution in [-0.4, -0.2) is 18.0 Å². The quantitative estimate of drug-likeness (QED) is 0.248. The molecule has 1 aromatic heterocycles. The summed E-state index contributed by atoms with van der Waals surface area (Å²) >= 11 is 13.2. The zero-order valence-corrected chi connectivity index (χ0v) is 21.0. The summed E-state index contributed by atoms with van der Waals surface area (Å²) in [6.45, 7) is 2.00. The third-order valence-electron chi connectivity index (χ3n) is 4.67. The average molecular weight is 577 g/mol. The molecule has 0 spiro atoms. The molecule has 8 heteroatoms. The molecular formula is C24H17Br2ClN2O3. The van der Waals surface area contributed by atoms with Crippen LogP contribution in [0.2, 0.25) is 5.02 Å². The number of carbonyl (C=O) groups is 1. The van der Waals surface area contributed by atoms with E-state index in [1.807, 2.05) is 37.3 Å². The topological polar surface area (TPSA) is 64.4 Å². The standard InChI is InChI=1S/C24H17Br2ClN2O3/c1-13-3-7-21-20(9-13)29-24(32-21)15-4-6-18(27)19(11-15)28-22(30)8-5-14-10-16(25)12-17(26)23(14)31-2/h3-12H,1-2H3,(H,28,30)/b8-5+. The molecular weight excluding hydrogens is 560 g/mol. The number of hydrogen-bond donors (Lipinski definition) is 1. The normalized spacial score (nSPS) is 11.3. The molecule has 0 aliphatic rings. The number of rotatable bonds is 5. The van der Waals surface area contributed by atoms with Crippen molar-refractivity contribution >= 4 is 72.2 Å². The van der Waals surface area contributed by atoms with Crippen molar-refractivity contribution in [3.8, 4) is 17.2 Å². The highest BCUT2D eigenvalue weighted by Gasteiger charge is 2.12. The van der Waals surface area contributed by atoms with Gasteiger partial charge in [-0.05, 0) is 77.0 Å². The van der Waals surface area contributed by atoms with Gasteiger partial charge in [0.05, 0.1) is 22.3 Å². The van der Waals surface area contributed by atoms with Gasteiger partial charge in [-0.2, -0.15) is 0 Å². The highest BCUT2D eigenvalue weighted by atomic mass is 79.9. The molecule has 3 aromatic carbocycles. The fourth-order valence-corrected chi connectivity index (χ4v) is 4.76. The number of aromatic nitrogens is 1. The van der Waals surface area contributed by atoms with Gasteiger partial charge in [0.15, 0.2) is 5.58 Å². The Labute approximate surface area is 206 Å². The van der Waals surface area contributed by atoms with Gasteiger partial charge >= 0.3 is 0 Å². The number of anilines is 1. The Morgan fingerprint density at radius 2 is 1.97 bits per heavy atom. The third kappa shape index (κ3) is 4.90. The van der Waals surface area contributed by atoms with Crippen molar-refractivity contribution in [2.45, 2.75) is 6.92 Å². The van der Waals surface area contributed by atoms with E-state index in [2.05, 4.69) is 42.2 Å². The van der Waals surface area contributed by atoms with Gasteiger partial charge < -0.3 is 14.5 Å². The fourth-order valence-electron chi connectivity index (χ4n) is 3.17. The average Bonchev–Trinajstić information content (AvgIpc) is 3.16. The van der Waals surface area contributed by atoms with Crippen molar-refractivity contribution in [3.05, 3.63) is 79.7 Å². The summed E-state index contributed by atoms with van der Waals surface area (Å²) in [7, 11) is 1.57. The van der Waals surface area contributed by atoms with Crippen LogP contribution >= 0.6 is 43.5 Å². The lowest BCUT2D eigenvalue weighted by atomic mass is 10.1. The molecule has 0 saturated heterocycles. The zero-order valence-electron chi connectivity index (χ0n) is 17.1. The number of nitrogens with one attached hydrogen (secondary N) is 1. The molecule has 0 bridgehead atoms.